The maximum Gasteiger partial charge on any atom is 0.119 e. The van der Waals surface area contributed by atoms with Crippen LogP contribution in [0.5, 0.6) is 5.75 Å². The minimum Gasteiger partial charge on any atom is -0.493 e. The summed E-state index contributed by atoms with van der Waals surface area (Å²) in [5.74, 6) is 1.70. The molecule has 2 aliphatic heterocycles. The van der Waals surface area contributed by atoms with Crippen LogP contribution >= 0.6 is 0 Å². The molecule has 2 aromatic rings. The van der Waals surface area contributed by atoms with Gasteiger partial charge in [0.25, 0.3) is 0 Å². The highest BCUT2D eigenvalue weighted by molar-refractivity contribution is 5.31. The Morgan fingerprint density at radius 3 is 2.48 bits per heavy atom. The fourth-order valence-corrected chi connectivity index (χ4v) is 4.36. The second kappa shape index (κ2) is 8.05. The van der Waals surface area contributed by atoms with E-state index >= 15 is 0 Å². The lowest BCUT2D eigenvalue weighted by molar-refractivity contribution is 0.0565. The Labute approximate surface area is 151 Å². The third-order valence-electron chi connectivity index (χ3n) is 5.81. The van der Waals surface area contributed by atoms with Crippen molar-refractivity contribution < 1.29 is 4.74 Å². The summed E-state index contributed by atoms with van der Waals surface area (Å²) in [4.78, 5) is 2.71. The average molecular weight is 335 g/mol. The van der Waals surface area contributed by atoms with E-state index in [4.69, 9.17) is 4.74 Å². The molecule has 0 aromatic heterocycles. The monoisotopic (exact) mass is 335 g/mol. The number of nitrogens with zero attached hydrogens (tertiary/aromatic N) is 1. The number of piperidine rings is 2. The molecule has 2 nitrogen and oxygen atoms in total. The van der Waals surface area contributed by atoms with Gasteiger partial charge in [0.05, 0.1) is 6.61 Å². The Bertz CT molecular complexity index is 652. The van der Waals surface area contributed by atoms with Gasteiger partial charge in [-0.1, -0.05) is 48.9 Å². The van der Waals surface area contributed by atoms with E-state index in [0.29, 0.717) is 5.92 Å². The molecule has 2 saturated heterocycles. The van der Waals surface area contributed by atoms with E-state index < -0.39 is 0 Å². The zero-order chi connectivity index (χ0) is 16.9. The summed E-state index contributed by atoms with van der Waals surface area (Å²) >= 11 is 0. The lowest BCUT2D eigenvalue weighted by Gasteiger charge is -2.42. The molecule has 2 atom stereocenters. The molecule has 0 N–H and O–H groups in total. The smallest absolute Gasteiger partial charge is 0.119 e. The van der Waals surface area contributed by atoms with Gasteiger partial charge >= 0.3 is 0 Å². The van der Waals surface area contributed by atoms with Gasteiger partial charge in [-0.05, 0) is 61.9 Å². The van der Waals surface area contributed by atoms with Gasteiger partial charge in [-0.25, -0.2) is 0 Å². The van der Waals surface area contributed by atoms with Crippen molar-refractivity contribution in [1.82, 2.24) is 4.90 Å². The van der Waals surface area contributed by atoms with Crippen molar-refractivity contribution in [3.05, 3.63) is 65.7 Å². The summed E-state index contributed by atoms with van der Waals surface area (Å²) in [7, 11) is 0. The van der Waals surface area contributed by atoms with E-state index in [1.807, 2.05) is 0 Å². The molecule has 0 bridgehead atoms. The third-order valence-corrected chi connectivity index (χ3v) is 5.81. The molecular weight excluding hydrogens is 306 g/mol. The van der Waals surface area contributed by atoms with Crippen LogP contribution in [0.4, 0.5) is 0 Å². The summed E-state index contributed by atoms with van der Waals surface area (Å²) in [6.45, 7) is 3.40. The summed E-state index contributed by atoms with van der Waals surface area (Å²) in [6, 6.07) is 20.2. The maximum atomic E-state index is 6.10. The van der Waals surface area contributed by atoms with Crippen LogP contribution in [0.1, 0.15) is 43.2 Å². The van der Waals surface area contributed by atoms with Crippen molar-refractivity contribution in [1.29, 1.82) is 0 Å². The molecule has 0 aliphatic carbocycles. The quantitative estimate of drug-likeness (QED) is 0.769. The third kappa shape index (κ3) is 4.43. The van der Waals surface area contributed by atoms with E-state index in [1.54, 1.807) is 0 Å². The van der Waals surface area contributed by atoms with Crippen LogP contribution in [-0.2, 0) is 6.42 Å². The maximum absolute atomic E-state index is 6.10. The van der Waals surface area contributed by atoms with Gasteiger partial charge in [0.2, 0.25) is 0 Å². The highest BCUT2D eigenvalue weighted by atomic mass is 16.5. The van der Waals surface area contributed by atoms with Crippen LogP contribution in [-0.4, -0.2) is 30.6 Å². The zero-order valence-electron chi connectivity index (χ0n) is 15.1. The first-order chi connectivity index (χ1) is 12.4. The van der Waals surface area contributed by atoms with E-state index in [9.17, 15) is 0 Å². The van der Waals surface area contributed by atoms with Crippen LogP contribution in [0.15, 0.2) is 54.6 Å². The normalized spacial score (nSPS) is 23.8. The molecule has 0 spiro atoms. The van der Waals surface area contributed by atoms with Crippen molar-refractivity contribution in [2.24, 2.45) is 5.92 Å². The van der Waals surface area contributed by atoms with Crippen molar-refractivity contribution in [2.75, 3.05) is 19.7 Å². The standard InChI is InChI=1S/C23H29NO/c1-2-6-19(7-3-1)16-20-10-13-23(14-11-20)25-18-21-9-12-22-8-4-5-15-24(22)17-21/h1-3,6-7,10-11,13-14,21-22H,4-5,8-9,12,15-18H2. The van der Waals surface area contributed by atoms with Crippen molar-refractivity contribution in [2.45, 2.75) is 44.6 Å². The molecule has 2 fully saturated rings. The Morgan fingerprint density at radius 2 is 1.64 bits per heavy atom. The highest BCUT2D eigenvalue weighted by Gasteiger charge is 2.30. The van der Waals surface area contributed by atoms with Crippen LogP contribution in [0, 0.1) is 5.92 Å². The first-order valence-electron chi connectivity index (χ1n) is 9.86. The molecule has 25 heavy (non-hydrogen) atoms. The Hall–Kier alpha value is -1.80. The number of hydrogen-bond acceptors (Lipinski definition) is 2. The first kappa shape index (κ1) is 16.7. The second-order valence-electron chi connectivity index (χ2n) is 7.71. The highest BCUT2D eigenvalue weighted by Crippen LogP contribution is 2.29. The van der Waals surface area contributed by atoms with Gasteiger partial charge in [-0.2, -0.15) is 0 Å². The predicted octanol–water partition coefficient (Wildman–Crippen LogP) is 4.92. The van der Waals surface area contributed by atoms with Gasteiger partial charge in [0, 0.05) is 18.5 Å². The van der Waals surface area contributed by atoms with Crippen molar-refractivity contribution in [3.63, 3.8) is 0 Å². The number of benzene rings is 2. The van der Waals surface area contributed by atoms with Crippen molar-refractivity contribution in [3.8, 4) is 5.75 Å². The Balaban J connectivity index is 1.27. The van der Waals surface area contributed by atoms with Gasteiger partial charge in [-0.3, -0.25) is 4.90 Å². The largest absolute Gasteiger partial charge is 0.493 e. The van der Waals surface area contributed by atoms with E-state index in [1.165, 1.54) is 56.3 Å². The molecule has 2 heteroatoms. The van der Waals surface area contributed by atoms with Gasteiger partial charge < -0.3 is 4.74 Å². The summed E-state index contributed by atoms with van der Waals surface area (Å²) < 4.78 is 6.10. The minimum absolute atomic E-state index is 0.693. The minimum atomic E-state index is 0.693. The lowest BCUT2D eigenvalue weighted by Crippen LogP contribution is -2.47. The van der Waals surface area contributed by atoms with Crippen LogP contribution in [0.2, 0.25) is 0 Å². The summed E-state index contributed by atoms with van der Waals surface area (Å²) in [5, 5.41) is 0. The lowest BCUT2D eigenvalue weighted by atomic mass is 9.88. The van der Waals surface area contributed by atoms with Gasteiger partial charge in [0.15, 0.2) is 0 Å². The molecule has 0 radical (unpaired) electrons. The predicted molar refractivity (Wildman–Crippen MR) is 103 cm³/mol. The van der Waals surface area contributed by atoms with E-state index in [2.05, 4.69) is 59.5 Å². The number of ether oxygens (including phenoxy) is 1. The topological polar surface area (TPSA) is 12.5 Å². The molecule has 0 saturated carbocycles. The van der Waals surface area contributed by atoms with Crippen LogP contribution < -0.4 is 4.74 Å². The first-order valence-corrected chi connectivity index (χ1v) is 9.86. The molecule has 2 aromatic carbocycles. The second-order valence-corrected chi connectivity index (χ2v) is 7.71. The molecule has 4 rings (SSSR count). The molecular formula is C23H29NO. The van der Waals surface area contributed by atoms with Crippen LogP contribution in [0.3, 0.4) is 0 Å². The number of rotatable bonds is 5. The Morgan fingerprint density at radius 1 is 0.840 bits per heavy atom. The fourth-order valence-electron chi connectivity index (χ4n) is 4.36. The summed E-state index contributed by atoms with van der Waals surface area (Å²) in [6.07, 6.45) is 7.90. The fraction of sp³-hybridized carbons (Fsp3) is 0.478. The SMILES string of the molecule is c1ccc(Cc2ccc(OCC3CCC4CCCCN4C3)cc2)cc1. The number of hydrogen-bond donors (Lipinski definition) is 0. The molecule has 2 unspecified atom stereocenters. The van der Waals surface area contributed by atoms with Gasteiger partial charge in [-0.15, -0.1) is 0 Å². The molecule has 132 valence electrons. The van der Waals surface area contributed by atoms with Gasteiger partial charge in [0.1, 0.15) is 5.75 Å². The van der Waals surface area contributed by atoms with E-state index in [0.717, 1.165) is 24.8 Å². The Kier molecular flexibility index (Phi) is 5.37. The zero-order valence-corrected chi connectivity index (χ0v) is 15.1. The van der Waals surface area contributed by atoms with E-state index in [-0.39, 0.29) is 0 Å². The van der Waals surface area contributed by atoms with Crippen LogP contribution in [0.25, 0.3) is 0 Å². The average Bonchev–Trinajstić information content (AvgIpc) is 2.68. The summed E-state index contributed by atoms with van der Waals surface area (Å²) in [5.41, 5.74) is 2.70. The molecule has 2 heterocycles. The number of fused-ring (bicyclic) bond motifs is 1. The molecule has 0 amide bonds. The van der Waals surface area contributed by atoms with Crippen molar-refractivity contribution >= 4 is 0 Å². The molecule has 2 aliphatic rings.